The van der Waals surface area contributed by atoms with Gasteiger partial charge in [0.1, 0.15) is 18.2 Å². The highest BCUT2D eigenvalue weighted by molar-refractivity contribution is 9.10. The predicted molar refractivity (Wildman–Crippen MR) is 68.8 cm³/mol. The Morgan fingerprint density at radius 2 is 2.10 bits per heavy atom. The van der Waals surface area contributed by atoms with E-state index in [0.717, 1.165) is 6.07 Å². The Hall–Kier alpha value is -1.89. The van der Waals surface area contributed by atoms with Crippen LogP contribution in [0.1, 0.15) is 21.9 Å². The monoisotopic (exact) mass is 346 g/mol. The molecule has 1 aromatic heterocycles. The third-order valence-corrected chi connectivity index (χ3v) is 3.07. The minimum Gasteiger partial charge on any atom is -0.481 e. The highest BCUT2D eigenvalue weighted by atomic mass is 79.9. The fourth-order valence-electron chi connectivity index (χ4n) is 1.64. The van der Waals surface area contributed by atoms with Gasteiger partial charge in [0.2, 0.25) is 5.76 Å². The van der Waals surface area contributed by atoms with E-state index in [-0.39, 0.29) is 28.3 Å². The van der Waals surface area contributed by atoms with Gasteiger partial charge < -0.3 is 14.3 Å². The Kier molecular flexibility index (Phi) is 4.08. The first-order valence-corrected chi connectivity index (χ1v) is 6.27. The van der Waals surface area contributed by atoms with Gasteiger partial charge in [0.25, 0.3) is 0 Å². The molecule has 2 rings (SSSR count). The largest absolute Gasteiger partial charge is 0.481 e. The highest BCUT2D eigenvalue weighted by Crippen LogP contribution is 2.30. The van der Waals surface area contributed by atoms with E-state index in [9.17, 15) is 13.6 Å². The predicted octanol–water partition coefficient (Wildman–Crippen LogP) is 3.91. The number of benzene rings is 1. The van der Waals surface area contributed by atoms with Crippen molar-refractivity contribution in [2.45, 2.75) is 13.5 Å². The van der Waals surface area contributed by atoms with Crippen LogP contribution in [0.4, 0.5) is 8.78 Å². The molecule has 0 radical (unpaired) electrons. The normalized spacial score (nSPS) is 10.6. The average Bonchev–Trinajstić information content (AvgIpc) is 2.69. The minimum absolute atomic E-state index is 0.122. The van der Waals surface area contributed by atoms with Crippen molar-refractivity contribution in [2.24, 2.45) is 0 Å². The van der Waals surface area contributed by atoms with Crippen LogP contribution >= 0.6 is 15.9 Å². The summed E-state index contributed by atoms with van der Waals surface area (Å²) in [5.41, 5.74) is 0.440. The smallest absolute Gasteiger partial charge is 0.372 e. The molecule has 0 atom stereocenters. The molecule has 1 heterocycles. The van der Waals surface area contributed by atoms with E-state index in [2.05, 4.69) is 15.9 Å². The van der Waals surface area contributed by atoms with E-state index >= 15 is 0 Å². The van der Waals surface area contributed by atoms with Crippen LogP contribution in [0.25, 0.3) is 0 Å². The van der Waals surface area contributed by atoms with Gasteiger partial charge in [-0.3, -0.25) is 0 Å². The maximum Gasteiger partial charge on any atom is 0.372 e. The molecule has 1 aromatic carbocycles. The SMILES string of the molecule is Cc1cc(COc2c(F)cc(F)cc2Br)oc1C(=O)O. The third-order valence-electron chi connectivity index (χ3n) is 2.48. The molecular formula is C13H9BrF2O4. The molecule has 106 valence electrons. The molecule has 0 unspecified atom stereocenters. The van der Waals surface area contributed by atoms with Gasteiger partial charge in [0.05, 0.1) is 4.47 Å². The molecule has 0 saturated carbocycles. The topological polar surface area (TPSA) is 59.7 Å². The van der Waals surface area contributed by atoms with Gasteiger partial charge in [-0.2, -0.15) is 0 Å². The summed E-state index contributed by atoms with van der Waals surface area (Å²) >= 11 is 2.98. The van der Waals surface area contributed by atoms with E-state index in [1.54, 1.807) is 6.92 Å². The molecule has 4 nitrogen and oxygen atoms in total. The van der Waals surface area contributed by atoms with Gasteiger partial charge in [-0.25, -0.2) is 13.6 Å². The third kappa shape index (κ3) is 2.98. The van der Waals surface area contributed by atoms with Crippen molar-refractivity contribution in [3.63, 3.8) is 0 Å². The van der Waals surface area contributed by atoms with Gasteiger partial charge in [-0.05, 0) is 35.0 Å². The van der Waals surface area contributed by atoms with Crippen LogP contribution in [0.5, 0.6) is 5.75 Å². The van der Waals surface area contributed by atoms with Crippen LogP contribution < -0.4 is 4.74 Å². The number of halogens is 3. The van der Waals surface area contributed by atoms with Crippen molar-refractivity contribution >= 4 is 21.9 Å². The van der Waals surface area contributed by atoms with E-state index < -0.39 is 17.6 Å². The maximum atomic E-state index is 13.5. The molecule has 20 heavy (non-hydrogen) atoms. The standard InChI is InChI=1S/C13H9BrF2O4/c1-6-2-8(20-11(6)13(17)18)5-19-12-9(14)3-7(15)4-10(12)16/h2-4H,5H2,1H3,(H,17,18). The summed E-state index contributed by atoms with van der Waals surface area (Å²) < 4.78 is 36.8. The van der Waals surface area contributed by atoms with Crippen molar-refractivity contribution in [2.75, 3.05) is 0 Å². The van der Waals surface area contributed by atoms with Crippen molar-refractivity contribution in [1.82, 2.24) is 0 Å². The van der Waals surface area contributed by atoms with E-state index in [0.29, 0.717) is 11.6 Å². The fraction of sp³-hybridized carbons (Fsp3) is 0.154. The lowest BCUT2D eigenvalue weighted by molar-refractivity contribution is 0.0657. The number of hydrogen-bond acceptors (Lipinski definition) is 3. The van der Waals surface area contributed by atoms with Gasteiger partial charge in [-0.1, -0.05) is 0 Å². The number of rotatable bonds is 4. The van der Waals surface area contributed by atoms with Crippen LogP contribution in [0, 0.1) is 18.6 Å². The van der Waals surface area contributed by atoms with Crippen molar-refractivity contribution in [3.8, 4) is 5.75 Å². The lowest BCUT2D eigenvalue weighted by atomic mass is 10.2. The number of carboxylic acid groups (broad SMARTS) is 1. The van der Waals surface area contributed by atoms with Crippen LogP contribution in [0.3, 0.4) is 0 Å². The van der Waals surface area contributed by atoms with Crippen LogP contribution in [-0.4, -0.2) is 11.1 Å². The number of ether oxygens (including phenoxy) is 1. The van der Waals surface area contributed by atoms with E-state index in [4.69, 9.17) is 14.3 Å². The second-order valence-corrected chi connectivity index (χ2v) is 4.87. The van der Waals surface area contributed by atoms with Gasteiger partial charge in [0, 0.05) is 11.6 Å². The molecule has 7 heteroatoms. The molecule has 2 aromatic rings. The Balaban J connectivity index is 2.17. The van der Waals surface area contributed by atoms with E-state index in [1.807, 2.05) is 0 Å². The molecule has 0 saturated heterocycles. The van der Waals surface area contributed by atoms with Gasteiger partial charge in [0.15, 0.2) is 11.6 Å². The number of aryl methyl sites for hydroxylation is 1. The molecule has 0 aliphatic heterocycles. The zero-order valence-electron chi connectivity index (χ0n) is 10.2. The quantitative estimate of drug-likeness (QED) is 0.911. The molecular weight excluding hydrogens is 338 g/mol. The molecule has 0 aliphatic rings. The first-order chi connectivity index (χ1) is 9.38. The summed E-state index contributed by atoms with van der Waals surface area (Å²) in [6, 6.07) is 3.24. The zero-order chi connectivity index (χ0) is 14.9. The number of hydrogen-bond donors (Lipinski definition) is 1. The molecule has 0 spiro atoms. The van der Waals surface area contributed by atoms with Gasteiger partial charge in [-0.15, -0.1) is 0 Å². The fourth-order valence-corrected chi connectivity index (χ4v) is 2.16. The molecule has 0 amide bonds. The minimum atomic E-state index is -1.19. The Bertz CT molecular complexity index is 643. The summed E-state index contributed by atoms with van der Waals surface area (Å²) in [4.78, 5) is 10.8. The molecule has 0 fully saturated rings. The van der Waals surface area contributed by atoms with Crippen LogP contribution in [-0.2, 0) is 6.61 Å². The summed E-state index contributed by atoms with van der Waals surface area (Å²) in [5, 5.41) is 8.84. The van der Waals surface area contributed by atoms with E-state index in [1.165, 1.54) is 6.07 Å². The van der Waals surface area contributed by atoms with Crippen LogP contribution in [0.15, 0.2) is 27.1 Å². The molecule has 0 aliphatic carbocycles. The first kappa shape index (κ1) is 14.5. The average molecular weight is 347 g/mol. The van der Waals surface area contributed by atoms with Crippen LogP contribution in [0.2, 0.25) is 0 Å². The second-order valence-electron chi connectivity index (χ2n) is 4.02. The number of carboxylic acids is 1. The van der Waals surface area contributed by atoms with Crippen molar-refractivity contribution in [1.29, 1.82) is 0 Å². The molecule has 1 N–H and O–H groups in total. The summed E-state index contributed by atoms with van der Waals surface area (Å²) in [5.74, 6) is -2.92. The zero-order valence-corrected chi connectivity index (χ0v) is 11.8. The highest BCUT2D eigenvalue weighted by Gasteiger charge is 2.16. The first-order valence-electron chi connectivity index (χ1n) is 5.48. The summed E-state index contributed by atoms with van der Waals surface area (Å²) in [6.45, 7) is 1.40. The Morgan fingerprint density at radius 1 is 1.40 bits per heavy atom. The lowest BCUT2D eigenvalue weighted by Crippen LogP contribution is -1.98. The number of carbonyl (C=O) groups is 1. The van der Waals surface area contributed by atoms with Crippen molar-refractivity contribution in [3.05, 3.63) is 51.4 Å². The number of aromatic carboxylic acids is 1. The summed E-state index contributed by atoms with van der Waals surface area (Å²) in [6.07, 6.45) is 0. The Labute approximate surface area is 121 Å². The number of furan rings is 1. The van der Waals surface area contributed by atoms with Gasteiger partial charge >= 0.3 is 5.97 Å². The van der Waals surface area contributed by atoms with Crippen molar-refractivity contribution < 1.29 is 27.8 Å². The lowest BCUT2D eigenvalue weighted by Gasteiger charge is -2.07. The summed E-state index contributed by atoms with van der Waals surface area (Å²) in [7, 11) is 0. The maximum absolute atomic E-state index is 13.5. The molecule has 0 bridgehead atoms. The Morgan fingerprint density at radius 3 is 2.65 bits per heavy atom. The second kappa shape index (κ2) is 5.62.